The average Bonchev–Trinajstić information content (AvgIpc) is 2.55. The summed E-state index contributed by atoms with van der Waals surface area (Å²) in [5, 5.41) is 3.65. The zero-order valence-corrected chi connectivity index (χ0v) is 11.6. The number of halogens is 1. The van der Waals surface area contributed by atoms with Crippen molar-refractivity contribution in [2.24, 2.45) is 0 Å². The van der Waals surface area contributed by atoms with Crippen molar-refractivity contribution >= 4 is 22.5 Å². The Bertz CT molecular complexity index is 798. The predicted octanol–water partition coefficient (Wildman–Crippen LogP) is 3.39. The Kier molecular flexibility index (Phi) is 3.96. The average molecular weight is 296 g/mol. The summed E-state index contributed by atoms with van der Waals surface area (Å²) in [6, 6.07) is 14.7. The molecule has 5 heteroatoms. The summed E-state index contributed by atoms with van der Waals surface area (Å²) in [6.45, 7) is -0.151. The maximum absolute atomic E-state index is 12.8. The maximum atomic E-state index is 12.8. The Hall–Kier alpha value is -2.95. The molecule has 0 radical (unpaired) electrons. The van der Waals surface area contributed by atoms with Crippen LogP contribution in [-0.4, -0.2) is 17.5 Å². The highest BCUT2D eigenvalue weighted by Crippen LogP contribution is 2.21. The summed E-state index contributed by atoms with van der Waals surface area (Å²) in [6.07, 6.45) is 1.70. The Labute approximate surface area is 126 Å². The Morgan fingerprint density at radius 3 is 2.73 bits per heavy atom. The van der Waals surface area contributed by atoms with Crippen molar-refractivity contribution in [2.75, 3.05) is 11.9 Å². The molecule has 0 aliphatic carbocycles. The summed E-state index contributed by atoms with van der Waals surface area (Å²) < 4.78 is 18.1. The van der Waals surface area contributed by atoms with Gasteiger partial charge in [-0.15, -0.1) is 0 Å². The van der Waals surface area contributed by atoms with Crippen LogP contribution in [-0.2, 0) is 4.79 Å². The van der Waals surface area contributed by atoms with Crippen LogP contribution in [0.15, 0.2) is 60.8 Å². The van der Waals surface area contributed by atoms with Crippen LogP contribution in [0.5, 0.6) is 5.75 Å². The van der Waals surface area contributed by atoms with E-state index in [4.69, 9.17) is 4.74 Å². The number of amides is 1. The first-order valence-corrected chi connectivity index (χ1v) is 6.74. The lowest BCUT2D eigenvalue weighted by atomic mass is 10.2. The number of fused-ring (bicyclic) bond motifs is 1. The van der Waals surface area contributed by atoms with Gasteiger partial charge < -0.3 is 10.1 Å². The molecular weight excluding hydrogens is 283 g/mol. The summed E-state index contributed by atoms with van der Waals surface area (Å²) in [4.78, 5) is 16.2. The van der Waals surface area contributed by atoms with Gasteiger partial charge in [0.1, 0.15) is 11.6 Å². The molecule has 110 valence electrons. The number of carbonyl (C=O) groups is 1. The fourth-order valence-electron chi connectivity index (χ4n) is 2.08. The smallest absolute Gasteiger partial charge is 0.262 e. The normalized spacial score (nSPS) is 10.4. The summed E-state index contributed by atoms with van der Waals surface area (Å²) in [5.41, 5.74) is 1.48. The highest BCUT2D eigenvalue weighted by molar-refractivity contribution is 6.01. The van der Waals surface area contributed by atoms with Crippen molar-refractivity contribution < 1.29 is 13.9 Å². The number of carbonyl (C=O) groups excluding carboxylic acids is 1. The minimum atomic E-state index is -0.347. The lowest BCUT2D eigenvalue weighted by Crippen LogP contribution is -2.20. The standard InChI is InChI=1S/C17H13FN2O2/c18-12-6-8-13(9-7-12)22-11-17(21)20-16-5-1-4-15-14(16)3-2-10-19-15/h1-10H,11H2,(H,20,21). The largest absolute Gasteiger partial charge is 0.484 e. The third-order valence-electron chi connectivity index (χ3n) is 3.10. The number of aromatic nitrogens is 1. The van der Waals surface area contributed by atoms with Crippen molar-refractivity contribution in [3.63, 3.8) is 0 Å². The van der Waals surface area contributed by atoms with Crippen LogP contribution in [0.3, 0.4) is 0 Å². The van der Waals surface area contributed by atoms with E-state index in [1.54, 1.807) is 12.3 Å². The van der Waals surface area contributed by atoms with Gasteiger partial charge in [-0.05, 0) is 48.5 Å². The SMILES string of the molecule is O=C(COc1ccc(F)cc1)Nc1cccc2ncccc12. The van der Waals surface area contributed by atoms with E-state index in [2.05, 4.69) is 10.3 Å². The summed E-state index contributed by atoms with van der Waals surface area (Å²) in [5.74, 6) is -0.197. The summed E-state index contributed by atoms with van der Waals surface area (Å²) >= 11 is 0. The van der Waals surface area contributed by atoms with E-state index in [0.717, 1.165) is 10.9 Å². The second-order valence-corrected chi connectivity index (χ2v) is 4.67. The van der Waals surface area contributed by atoms with E-state index < -0.39 is 0 Å². The highest BCUT2D eigenvalue weighted by Gasteiger charge is 2.07. The van der Waals surface area contributed by atoms with Gasteiger partial charge in [-0.25, -0.2) is 4.39 Å². The van der Waals surface area contributed by atoms with E-state index in [9.17, 15) is 9.18 Å². The molecule has 3 rings (SSSR count). The number of anilines is 1. The van der Waals surface area contributed by atoms with Gasteiger partial charge in [0.05, 0.1) is 11.2 Å². The van der Waals surface area contributed by atoms with E-state index in [0.29, 0.717) is 11.4 Å². The third-order valence-corrected chi connectivity index (χ3v) is 3.10. The van der Waals surface area contributed by atoms with Crippen LogP contribution in [0, 0.1) is 5.82 Å². The van der Waals surface area contributed by atoms with Gasteiger partial charge >= 0.3 is 0 Å². The van der Waals surface area contributed by atoms with Gasteiger partial charge in [0.2, 0.25) is 0 Å². The molecule has 1 heterocycles. The molecule has 4 nitrogen and oxygen atoms in total. The van der Waals surface area contributed by atoms with Crippen LogP contribution in [0.1, 0.15) is 0 Å². The second-order valence-electron chi connectivity index (χ2n) is 4.67. The first kappa shape index (κ1) is 14.0. The Balaban J connectivity index is 1.67. The number of hydrogen-bond acceptors (Lipinski definition) is 3. The lowest BCUT2D eigenvalue weighted by molar-refractivity contribution is -0.118. The Morgan fingerprint density at radius 1 is 1.09 bits per heavy atom. The fourth-order valence-corrected chi connectivity index (χ4v) is 2.08. The van der Waals surface area contributed by atoms with Crippen LogP contribution < -0.4 is 10.1 Å². The topological polar surface area (TPSA) is 51.2 Å². The van der Waals surface area contributed by atoms with E-state index in [1.165, 1.54) is 24.3 Å². The molecule has 1 amide bonds. The molecule has 0 aliphatic heterocycles. The molecule has 0 unspecified atom stereocenters. The van der Waals surface area contributed by atoms with Gasteiger partial charge in [0.25, 0.3) is 5.91 Å². The summed E-state index contributed by atoms with van der Waals surface area (Å²) in [7, 11) is 0. The van der Waals surface area contributed by atoms with Gasteiger partial charge in [0, 0.05) is 11.6 Å². The van der Waals surface area contributed by atoms with E-state index in [-0.39, 0.29) is 18.3 Å². The monoisotopic (exact) mass is 296 g/mol. The Morgan fingerprint density at radius 2 is 1.91 bits per heavy atom. The predicted molar refractivity (Wildman–Crippen MR) is 82.3 cm³/mol. The quantitative estimate of drug-likeness (QED) is 0.803. The zero-order chi connectivity index (χ0) is 15.4. The molecule has 1 N–H and O–H groups in total. The van der Waals surface area contributed by atoms with Crippen molar-refractivity contribution in [3.05, 3.63) is 66.6 Å². The molecule has 0 fully saturated rings. The number of ether oxygens (including phenoxy) is 1. The molecule has 0 spiro atoms. The molecule has 1 aromatic heterocycles. The van der Waals surface area contributed by atoms with Gasteiger partial charge in [-0.3, -0.25) is 9.78 Å². The molecule has 0 atom stereocenters. The minimum Gasteiger partial charge on any atom is -0.484 e. The number of benzene rings is 2. The minimum absolute atomic E-state index is 0.151. The number of nitrogens with zero attached hydrogens (tertiary/aromatic N) is 1. The number of nitrogens with one attached hydrogen (secondary N) is 1. The maximum Gasteiger partial charge on any atom is 0.262 e. The zero-order valence-electron chi connectivity index (χ0n) is 11.6. The highest BCUT2D eigenvalue weighted by atomic mass is 19.1. The number of pyridine rings is 1. The number of rotatable bonds is 4. The molecular formula is C17H13FN2O2. The molecule has 22 heavy (non-hydrogen) atoms. The van der Waals surface area contributed by atoms with Crippen molar-refractivity contribution in [3.8, 4) is 5.75 Å². The van der Waals surface area contributed by atoms with Gasteiger partial charge in [-0.2, -0.15) is 0 Å². The van der Waals surface area contributed by atoms with Crippen LogP contribution in [0.2, 0.25) is 0 Å². The molecule has 0 bridgehead atoms. The molecule has 0 saturated heterocycles. The third kappa shape index (κ3) is 3.20. The fraction of sp³-hybridized carbons (Fsp3) is 0.0588. The first-order valence-electron chi connectivity index (χ1n) is 6.74. The molecule has 2 aromatic carbocycles. The molecule has 3 aromatic rings. The van der Waals surface area contributed by atoms with Gasteiger partial charge in [0.15, 0.2) is 6.61 Å². The molecule has 0 saturated carbocycles. The van der Waals surface area contributed by atoms with Crippen molar-refractivity contribution in [2.45, 2.75) is 0 Å². The number of hydrogen-bond donors (Lipinski definition) is 1. The van der Waals surface area contributed by atoms with Crippen LogP contribution >= 0.6 is 0 Å². The molecule has 0 aliphatic rings. The second kappa shape index (κ2) is 6.22. The van der Waals surface area contributed by atoms with Crippen molar-refractivity contribution in [1.29, 1.82) is 0 Å². The van der Waals surface area contributed by atoms with Crippen LogP contribution in [0.4, 0.5) is 10.1 Å². The van der Waals surface area contributed by atoms with Crippen LogP contribution in [0.25, 0.3) is 10.9 Å². The van der Waals surface area contributed by atoms with E-state index >= 15 is 0 Å². The van der Waals surface area contributed by atoms with Gasteiger partial charge in [-0.1, -0.05) is 6.07 Å². The van der Waals surface area contributed by atoms with Crippen molar-refractivity contribution in [1.82, 2.24) is 4.98 Å². The first-order chi connectivity index (χ1) is 10.7. The lowest BCUT2D eigenvalue weighted by Gasteiger charge is -2.09. The van der Waals surface area contributed by atoms with E-state index in [1.807, 2.05) is 24.3 Å².